The maximum absolute atomic E-state index is 12.4. The Hall–Kier alpha value is -2.68. The fourth-order valence-corrected chi connectivity index (χ4v) is 4.53. The highest BCUT2D eigenvalue weighted by Gasteiger charge is 2.23. The number of benzene rings is 1. The molecule has 0 spiro atoms. The molecule has 0 bridgehead atoms. The first-order chi connectivity index (χ1) is 14.7. The molecule has 0 aliphatic heterocycles. The van der Waals surface area contributed by atoms with E-state index < -0.39 is 0 Å². The van der Waals surface area contributed by atoms with E-state index >= 15 is 0 Å². The van der Waals surface area contributed by atoms with E-state index in [2.05, 4.69) is 36.4 Å². The Morgan fingerprint density at radius 2 is 2.00 bits per heavy atom. The molecular formula is C21H27N7OS. The zero-order valence-corrected chi connectivity index (χ0v) is 18.0. The maximum Gasteiger partial charge on any atom is 0.251 e. The minimum absolute atomic E-state index is 0.0515. The molecule has 3 aromatic rings. The number of rotatable bonds is 9. The molecule has 0 atom stereocenters. The molecule has 1 amide bonds. The Labute approximate surface area is 180 Å². The van der Waals surface area contributed by atoms with Gasteiger partial charge < -0.3 is 9.88 Å². The van der Waals surface area contributed by atoms with Crippen LogP contribution in [0.25, 0.3) is 0 Å². The molecule has 1 aliphatic carbocycles. The minimum Gasteiger partial charge on any atom is -0.352 e. The first-order valence-electron chi connectivity index (χ1n) is 10.4. The largest absolute Gasteiger partial charge is 0.352 e. The summed E-state index contributed by atoms with van der Waals surface area (Å²) in [4.78, 5) is 16.4. The smallest absolute Gasteiger partial charge is 0.251 e. The van der Waals surface area contributed by atoms with Crippen molar-refractivity contribution in [2.75, 3.05) is 12.8 Å². The number of nitrogens with zero attached hydrogens (tertiary/aromatic N) is 6. The van der Waals surface area contributed by atoms with Gasteiger partial charge in [-0.15, -0.1) is 10.2 Å². The average Bonchev–Trinajstić information content (AvgIpc) is 3.53. The van der Waals surface area contributed by atoms with Crippen LogP contribution in [0.5, 0.6) is 0 Å². The lowest BCUT2D eigenvalue weighted by atomic mass is 10.1. The van der Waals surface area contributed by atoms with Crippen LogP contribution < -0.4 is 5.32 Å². The SMILES string of the molecule is CSc1nnc(CCCNC(=O)c2ccc(Cn3cncn3)cc2)n1C1CCCC1. The standard InChI is InChI=1S/C21H27N7OS/c1-30-21-26-25-19(28(21)18-5-2-3-6-18)7-4-12-23-20(29)17-10-8-16(9-11-17)13-27-15-22-14-24-27/h8-11,14-15,18H,2-7,12-13H2,1H3,(H,23,29). The number of nitrogens with one attached hydrogen (secondary N) is 1. The molecule has 4 rings (SSSR count). The van der Waals surface area contributed by atoms with Crippen LogP contribution in [0.4, 0.5) is 0 Å². The quantitative estimate of drug-likeness (QED) is 0.418. The molecule has 8 nitrogen and oxygen atoms in total. The van der Waals surface area contributed by atoms with E-state index in [4.69, 9.17) is 0 Å². The van der Waals surface area contributed by atoms with Crippen molar-refractivity contribution in [3.8, 4) is 0 Å². The summed E-state index contributed by atoms with van der Waals surface area (Å²) in [6, 6.07) is 8.13. The van der Waals surface area contributed by atoms with E-state index in [1.807, 2.05) is 24.3 Å². The van der Waals surface area contributed by atoms with Crippen LogP contribution in [-0.4, -0.2) is 48.2 Å². The third-order valence-corrected chi connectivity index (χ3v) is 6.14. The van der Waals surface area contributed by atoms with Crippen LogP contribution in [-0.2, 0) is 13.0 Å². The summed E-state index contributed by atoms with van der Waals surface area (Å²) in [7, 11) is 0. The Bertz CT molecular complexity index is 946. The zero-order valence-electron chi connectivity index (χ0n) is 17.2. The lowest BCUT2D eigenvalue weighted by Gasteiger charge is -2.16. The van der Waals surface area contributed by atoms with Crippen LogP contribution >= 0.6 is 11.8 Å². The number of hydrogen-bond acceptors (Lipinski definition) is 6. The van der Waals surface area contributed by atoms with Gasteiger partial charge in [-0.25, -0.2) is 9.67 Å². The summed E-state index contributed by atoms with van der Waals surface area (Å²) >= 11 is 1.66. The topological polar surface area (TPSA) is 90.5 Å². The molecule has 0 unspecified atom stereocenters. The van der Waals surface area contributed by atoms with E-state index in [9.17, 15) is 4.79 Å². The summed E-state index contributed by atoms with van der Waals surface area (Å²) in [5.41, 5.74) is 1.74. The number of thioether (sulfide) groups is 1. The van der Waals surface area contributed by atoms with Crippen molar-refractivity contribution < 1.29 is 4.79 Å². The van der Waals surface area contributed by atoms with Crippen molar-refractivity contribution in [3.05, 3.63) is 53.9 Å². The van der Waals surface area contributed by atoms with Crippen LogP contribution in [0.3, 0.4) is 0 Å². The van der Waals surface area contributed by atoms with Gasteiger partial charge >= 0.3 is 0 Å². The number of carbonyl (C=O) groups is 1. The first-order valence-corrected chi connectivity index (χ1v) is 11.6. The second-order valence-corrected chi connectivity index (χ2v) is 8.33. The lowest BCUT2D eigenvalue weighted by molar-refractivity contribution is 0.0953. The first kappa shape index (κ1) is 20.6. The molecule has 1 saturated carbocycles. The van der Waals surface area contributed by atoms with Crippen molar-refractivity contribution in [1.82, 2.24) is 34.8 Å². The Morgan fingerprint density at radius 3 is 2.70 bits per heavy atom. The summed E-state index contributed by atoms with van der Waals surface area (Å²) in [5.74, 6) is 0.988. The minimum atomic E-state index is -0.0515. The molecule has 9 heteroatoms. The van der Waals surface area contributed by atoms with Gasteiger partial charge in [0.25, 0.3) is 5.91 Å². The Balaban J connectivity index is 1.26. The van der Waals surface area contributed by atoms with Crippen LogP contribution in [0.1, 0.15) is 59.9 Å². The van der Waals surface area contributed by atoms with Gasteiger partial charge in [0.1, 0.15) is 18.5 Å². The highest BCUT2D eigenvalue weighted by molar-refractivity contribution is 7.98. The average molecular weight is 426 g/mol. The molecule has 1 fully saturated rings. The predicted octanol–water partition coefficient (Wildman–Crippen LogP) is 3.12. The summed E-state index contributed by atoms with van der Waals surface area (Å²) in [6.07, 6.45) is 11.9. The normalized spacial score (nSPS) is 14.3. The number of carbonyl (C=O) groups excluding carboxylic acids is 1. The molecule has 2 aromatic heterocycles. The number of aromatic nitrogens is 6. The van der Waals surface area contributed by atoms with Crippen LogP contribution in [0, 0.1) is 0 Å². The van der Waals surface area contributed by atoms with Crippen molar-refractivity contribution in [2.45, 2.75) is 56.3 Å². The number of hydrogen-bond donors (Lipinski definition) is 1. The maximum atomic E-state index is 12.4. The molecule has 158 valence electrons. The van der Waals surface area contributed by atoms with Gasteiger partial charge in [0.15, 0.2) is 5.16 Å². The highest BCUT2D eigenvalue weighted by atomic mass is 32.2. The fourth-order valence-electron chi connectivity index (χ4n) is 3.96. The lowest BCUT2D eigenvalue weighted by Crippen LogP contribution is -2.25. The fraction of sp³-hybridized carbons (Fsp3) is 0.476. The van der Waals surface area contributed by atoms with E-state index in [0.29, 0.717) is 24.7 Å². The van der Waals surface area contributed by atoms with Crippen LogP contribution in [0.15, 0.2) is 42.1 Å². The van der Waals surface area contributed by atoms with Gasteiger partial charge in [-0.1, -0.05) is 36.7 Å². The molecule has 30 heavy (non-hydrogen) atoms. The summed E-state index contributed by atoms with van der Waals surface area (Å²) < 4.78 is 4.08. The van der Waals surface area contributed by atoms with Gasteiger partial charge in [0.2, 0.25) is 0 Å². The third-order valence-electron chi connectivity index (χ3n) is 5.50. The monoisotopic (exact) mass is 425 g/mol. The van der Waals surface area contributed by atoms with E-state index in [0.717, 1.165) is 29.4 Å². The van der Waals surface area contributed by atoms with E-state index in [-0.39, 0.29) is 5.91 Å². The number of amides is 1. The van der Waals surface area contributed by atoms with Gasteiger partial charge in [0, 0.05) is 24.6 Å². The van der Waals surface area contributed by atoms with Crippen molar-refractivity contribution in [3.63, 3.8) is 0 Å². The second-order valence-electron chi connectivity index (χ2n) is 7.56. The van der Waals surface area contributed by atoms with E-state index in [1.165, 1.54) is 32.0 Å². The second kappa shape index (κ2) is 9.88. The molecule has 1 aromatic carbocycles. The van der Waals surface area contributed by atoms with Crippen molar-refractivity contribution >= 4 is 17.7 Å². The van der Waals surface area contributed by atoms with Gasteiger partial charge in [-0.05, 0) is 43.2 Å². The Kier molecular flexibility index (Phi) is 6.78. The molecule has 0 radical (unpaired) electrons. The van der Waals surface area contributed by atoms with Crippen LogP contribution in [0.2, 0.25) is 0 Å². The van der Waals surface area contributed by atoms with Crippen molar-refractivity contribution in [1.29, 1.82) is 0 Å². The Morgan fingerprint density at radius 1 is 1.20 bits per heavy atom. The number of aryl methyl sites for hydroxylation is 1. The predicted molar refractivity (Wildman–Crippen MR) is 116 cm³/mol. The van der Waals surface area contributed by atoms with Gasteiger partial charge in [0.05, 0.1) is 6.54 Å². The summed E-state index contributed by atoms with van der Waals surface area (Å²) in [5, 5.41) is 16.9. The van der Waals surface area contributed by atoms with Crippen molar-refractivity contribution in [2.24, 2.45) is 0 Å². The molecule has 1 aliphatic rings. The van der Waals surface area contributed by atoms with Gasteiger partial charge in [-0.2, -0.15) is 5.10 Å². The van der Waals surface area contributed by atoms with Gasteiger partial charge in [-0.3, -0.25) is 4.79 Å². The molecule has 2 heterocycles. The molecule has 1 N–H and O–H groups in total. The van der Waals surface area contributed by atoms with E-state index in [1.54, 1.807) is 22.8 Å². The third kappa shape index (κ3) is 4.89. The highest BCUT2D eigenvalue weighted by Crippen LogP contribution is 2.33. The zero-order chi connectivity index (χ0) is 20.8. The molecule has 0 saturated heterocycles. The summed E-state index contributed by atoms with van der Waals surface area (Å²) in [6.45, 7) is 1.26. The molecular weight excluding hydrogens is 398 g/mol.